The first-order chi connectivity index (χ1) is 12.9. The minimum Gasteiger partial charge on any atom is -0.324 e. The lowest BCUT2D eigenvalue weighted by atomic mass is 10.2. The summed E-state index contributed by atoms with van der Waals surface area (Å²) in [6, 6.07) is 9.84. The summed E-state index contributed by atoms with van der Waals surface area (Å²) in [5, 5.41) is 3.58. The monoisotopic (exact) mass is 401 g/mol. The van der Waals surface area contributed by atoms with Gasteiger partial charge in [0.05, 0.1) is 17.2 Å². The topological polar surface area (TPSA) is 64.0 Å². The number of anilines is 1. The van der Waals surface area contributed by atoms with Crippen molar-refractivity contribution in [1.82, 2.24) is 9.55 Å². The fourth-order valence-corrected chi connectivity index (χ4v) is 4.11. The number of hydrogen-bond acceptors (Lipinski definition) is 4. The summed E-state index contributed by atoms with van der Waals surface area (Å²) < 4.78 is 16.3. The molecule has 5 nitrogen and oxygen atoms in total. The fraction of sp³-hybridized carbons (Fsp3) is 0.105. The number of rotatable bonds is 3. The molecule has 0 unspecified atom stereocenters. The second-order valence-corrected chi connectivity index (χ2v) is 7.54. The average molecular weight is 402 g/mol. The van der Waals surface area contributed by atoms with Crippen LogP contribution in [0.1, 0.15) is 5.56 Å². The predicted molar refractivity (Wildman–Crippen MR) is 106 cm³/mol. The second-order valence-electron chi connectivity index (χ2n) is 6.08. The van der Waals surface area contributed by atoms with E-state index >= 15 is 0 Å². The van der Waals surface area contributed by atoms with E-state index < -0.39 is 5.82 Å². The van der Waals surface area contributed by atoms with E-state index in [1.54, 1.807) is 30.3 Å². The van der Waals surface area contributed by atoms with Crippen LogP contribution in [0.4, 0.5) is 10.1 Å². The van der Waals surface area contributed by atoms with Crippen molar-refractivity contribution in [2.75, 3.05) is 5.32 Å². The molecule has 0 aliphatic heterocycles. The Labute approximate surface area is 162 Å². The van der Waals surface area contributed by atoms with Crippen molar-refractivity contribution in [2.24, 2.45) is 0 Å². The van der Waals surface area contributed by atoms with E-state index in [1.807, 2.05) is 6.92 Å². The molecule has 0 atom stereocenters. The van der Waals surface area contributed by atoms with Crippen molar-refractivity contribution in [2.45, 2.75) is 13.5 Å². The Hall–Kier alpha value is -2.77. The maximum absolute atomic E-state index is 14.1. The molecule has 4 aromatic rings. The van der Waals surface area contributed by atoms with Gasteiger partial charge >= 0.3 is 0 Å². The normalized spacial score (nSPS) is 11.2. The van der Waals surface area contributed by atoms with Gasteiger partial charge in [0.1, 0.15) is 17.1 Å². The molecule has 0 aliphatic carbocycles. The lowest BCUT2D eigenvalue weighted by molar-refractivity contribution is -0.116. The third kappa shape index (κ3) is 3.20. The van der Waals surface area contributed by atoms with Crippen LogP contribution in [0.25, 0.3) is 20.3 Å². The van der Waals surface area contributed by atoms with Gasteiger partial charge < -0.3 is 5.32 Å². The number of aromatic nitrogens is 2. The number of halogens is 2. The van der Waals surface area contributed by atoms with Gasteiger partial charge in [-0.05, 0) is 36.8 Å². The number of aryl methyl sites for hydroxylation is 1. The summed E-state index contributed by atoms with van der Waals surface area (Å²) in [6.45, 7) is 1.66. The molecule has 1 N–H and O–H groups in total. The molecule has 0 saturated carbocycles. The standard InChI is InChI=1S/C19H13ClFN3O2S/c1-10-5-6-11(7-12(10)20)23-15(25)8-24-9-22-17-16-13(21)3-2-4-14(16)27-18(17)19(24)26/h2-7,9H,8H2,1H3,(H,23,25). The van der Waals surface area contributed by atoms with Crippen molar-refractivity contribution < 1.29 is 9.18 Å². The second kappa shape index (κ2) is 6.75. The zero-order chi connectivity index (χ0) is 19.1. The molecule has 8 heteroatoms. The van der Waals surface area contributed by atoms with Crippen LogP contribution in [0.5, 0.6) is 0 Å². The Morgan fingerprint density at radius 2 is 2.15 bits per heavy atom. The Morgan fingerprint density at radius 1 is 1.33 bits per heavy atom. The average Bonchev–Trinajstić information content (AvgIpc) is 3.01. The van der Waals surface area contributed by atoms with Crippen LogP contribution in [0, 0.1) is 12.7 Å². The molecule has 0 saturated heterocycles. The fourth-order valence-electron chi connectivity index (χ4n) is 2.81. The number of carbonyl (C=O) groups is 1. The van der Waals surface area contributed by atoms with Crippen molar-refractivity contribution >= 4 is 54.8 Å². The zero-order valence-corrected chi connectivity index (χ0v) is 15.7. The Kier molecular flexibility index (Phi) is 4.41. The maximum atomic E-state index is 14.1. The van der Waals surface area contributed by atoms with E-state index in [9.17, 15) is 14.0 Å². The summed E-state index contributed by atoms with van der Waals surface area (Å²) in [4.78, 5) is 29.2. The number of nitrogens with one attached hydrogen (secondary N) is 1. The number of thiophene rings is 1. The highest BCUT2D eigenvalue weighted by Gasteiger charge is 2.15. The largest absolute Gasteiger partial charge is 0.324 e. The summed E-state index contributed by atoms with van der Waals surface area (Å²) in [5.41, 5.74) is 1.39. The van der Waals surface area contributed by atoms with Crippen LogP contribution in [0.15, 0.2) is 47.5 Å². The van der Waals surface area contributed by atoms with Crippen LogP contribution in [-0.2, 0) is 11.3 Å². The SMILES string of the molecule is Cc1ccc(NC(=O)Cn2cnc3c(sc4cccc(F)c43)c2=O)cc1Cl. The van der Waals surface area contributed by atoms with E-state index in [4.69, 9.17) is 11.6 Å². The Bertz CT molecular complexity index is 1270. The molecular formula is C19H13ClFN3O2S. The zero-order valence-electron chi connectivity index (χ0n) is 14.1. The first kappa shape index (κ1) is 17.6. The quantitative estimate of drug-likeness (QED) is 0.555. The molecule has 0 aliphatic rings. The molecule has 2 aromatic carbocycles. The summed E-state index contributed by atoms with van der Waals surface area (Å²) in [7, 11) is 0. The van der Waals surface area contributed by atoms with Crippen molar-refractivity contribution in [1.29, 1.82) is 0 Å². The highest BCUT2D eigenvalue weighted by Crippen LogP contribution is 2.31. The summed E-state index contributed by atoms with van der Waals surface area (Å²) in [5.74, 6) is -0.803. The lowest BCUT2D eigenvalue weighted by Gasteiger charge is -2.08. The molecule has 4 rings (SSSR count). The van der Waals surface area contributed by atoms with Crippen molar-refractivity contribution in [3.05, 3.63) is 69.5 Å². The van der Waals surface area contributed by atoms with Crippen LogP contribution in [0.2, 0.25) is 5.02 Å². The molecule has 0 bridgehead atoms. The van der Waals surface area contributed by atoms with Gasteiger partial charge in [-0.25, -0.2) is 9.37 Å². The minimum atomic E-state index is -0.419. The number of fused-ring (bicyclic) bond motifs is 3. The minimum absolute atomic E-state index is 0.204. The number of benzene rings is 2. The maximum Gasteiger partial charge on any atom is 0.271 e. The third-order valence-corrected chi connectivity index (χ3v) is 5.73. The molecule has 1 amide bonds. The van der Waals surface area contributed by atoms with Crippen LogP contribution in [-0.4, -0.2) is 15.5 Å². The van der Waals surface area contributed by atoms with Gasteiger partial charge in [0.2, 0.25) is 5.91 Å². The number of nitrogens with zero attached hydrogens (tertiary/aromatic N) is 2. The van der Waals surface area contributed by atoms with E-state index in [0.717, 1.165) is 5.56 Å². The molecule has 0 fully saturated rings. The van der Waals surface area contributed by atoms with E-state index in [1.165, 1.54) is 28.3 Å². The first-order valence-corrected chi connectivity index (χ1v) is 9.25. The first-order valence-electron chi connectivity index (χ1n) is 8.06. The molecule has 2 aromatic heterocycles. The smallest absolute Gasteiger partial charge is 0.271 e. The van der Waals surface area contributed by atoms with Gasteiger partial charge in [-0.3, -0.25) is 14.2 Å². The van der Waals surface area contributed by atoms with Crippen LogP contribution < -0.4 is 10.9 Å². The molecule has 27 heavy (non-hydrogen) atoms. The molecule has 136 valence electrons. The van der Waals surface area contributed by atoms with Gasteiger partial charge in [-0.2, -0.15) is 0 Å². The highest BCUT2D eigenvalue weighted by molar-refractivity contribution is 7.25. The lowest BCUT2D eigenvalue weighted by Crippen LogP contribution is -2.27. The molecule has 0 spiro atoms. The van der Waals surface area contributed by atoms with Crippen LogP contribution in [0.3, 0.4) is 0 Å². The van der Waals surface area contributed by atoms with Gasteiger partial charge in [-0.15, -0.1) is 11.3 Å². The summed E-state index contributed by atoms with van der Waals surface area (Å²) >= 11 is 7.22. The van der Waals surface area contributed by atoms with Gasteiger partial charge in [0.25, 0.3) is 5.56 Å². The number of hydrogen-bond donors (Lipinski definition) is 1. The van der Waals surface area contributed by atoms with E-state index in [2.05, 4.69) is 10.3 Å². The number of amides is 1. The van der Waals surface area contributed by atoms with Crippen LogP contribution >= 0.6 is 22.9 Å². The van der Waals surface area contributed by atoms with Gasteiger partial charge in [0.15, 0.2) is 0 Å². The third-order valence-electron chi connectivity index (χ3n) is 4.19. The van der Waals surface area contributed by atoms with Crippen molar-refractivity contribution in [3.8, 4) is 0 Å². The highest BCUT2D eigenvalue weighted by atomic mass is 35.5. The molecular weight excluding hydrogens is 389 g/mol. The molecule has 2 heterocycles. The Morgan fingerprint density at radius 3 is 2.93 bits per heavy atom. The van der Waals surface area contributed by atoms with Gasteiger partial charge in [-0.1, -0.05) is 23.7 Å². The van der Waals surface area contributed by atoms with Crippen molar-refractivity contribution in [3.63, 3.8) is 0 Å². The van der Waals surface area contributed by atoms with E-state index in [-0.39, 0.29) is 18.0 Å². The molecule has 0 radical (unpaired) electrons. The predicted octanol–water partition coefficient (Wildman–Crippen LogP) is 4.35. The number of carbonyl (C=O) groups excluding carboxylic acids is 1. The van der Waals surface area contributed by atoms with E-state index in [0.29, 0.717) is 31.0 Å². The van der Waals surface area contributed by atoms with Gasteiger partial charge in [0, 0.05) is 15.4 Å². The Balaban J connectivity index is 1.66. The summed E-state index contributed by atoms with van der Waals surface area (Å²) in [6.07, 6.45) is 1.27.